The van der Waals surface area contributed by atoms with Crippen LogP contribution in [0.15, 0.2) is 36.8 Å². The first-order chi connectivity index (χ1) is 12.0. The average molecular weight is 343 g/mol. The first-order valence-corrected chi connectivity index (χ1v) is 8.65. The smallest absolute Gasteiger partial charge is 0.244 e. The summed E-state index contributed by atoms with van der Waals surface area (Å²) in [6.45, 7) is 8.11. The largest absolute Gasteiger partial charge is 0.372 e. The van der Waals surface area contributed by atoms with Crippen molar-refractivity contribution in [2.75, 3.05) is 18.0 Å². The molecule has 134 valence electrons. The van der Waals surface area contributed by atoms with E-state index in [-0.39, 0.29) is 24.2 Å². The van der Waals surface area contributed by atoms with Gasteiger partial charge >= 0.3 is 0 Å². The Labute approximate surface area is 148 Å². The van der Waals surface area contributed by atoms with Crippen molar-refractivity contribution in [1.82, 2.24) is 20.1 Å². The molecule has 7 heteroatoms. The molecule has 3 heterocycles. The lowest BCUT2D eigenvalue weighted by Gasteiger charge is -2.36. The van der Waals surface area contributed by atoms with Gasteiger partial charge in [0.05, 0.1) is 12.2 Å². The van der Waals surface area contributed by atoms with Gasteiger partial charge in [0.15, 0.2) is 0 Å². The molecule has 7 nitrogen and oxygen atoms in total. The molecule has 1 N–H and O–H groups in total. The van der Waals surface area contributed by atoms with Crippen LogP contribution in [0.1, 0.15) is 32.4 Å². The maximum atomic E-state index is 12.2. The number of morpholine rings is 1. The van der Waals surface area contributed by atoms with Crippen molar-refractivity contribution in [3.8, 4) is 0 Å². The van der Waals surface area contributed by atoms with Crippen molar-refractivity contribution in [2.24, 2.45) is 0 Å². The second kappa shape index (κ2) is 7.65. The second-order valence-corrected chi connectivity index (χ2v) is 6.57. The van der Waals surface area contributed by atoms with Crippen LogP contribution in [0, 0.1) is 0 Å². The molecule has 1 aliphatic rings. The van der Waals surface area contributed by atoms with Crippen molar-refractivity contribution < 1.29 is 9.53 Å². The monoisotopic (exact) mass is 343 g/mol. The summed E-state index contributed by atoms with van der Waals surface area (Å²) in [5.41, 5.74) is 0.971. The lowest BCUT2D eigenvalue weighted by atomic mass is 10.2. The van der Waals surface area contributed by atoms with Crippen molar-refractivity contribution in [3.05, 3.63) is 42.4 Å². The van der Waals surface area contributed by atoms with E-state index in [4.69, 9.17) is 4.74 Å². The zero-order chi connectivity index (χ0) is 17.8. The van der Waals surface area contributed by atoms with Gasteiger partial charge in [-0.3, -0.25) is 9.48 Å². The maximum absolute atomic E-state index is 12.2. The van der Waals surface area contributed by atoms with E-state index in [0.717, 1.165) is 24.5 Å². The topological polar surface area (TPSA) is 72.3 Å². The van der Waals surface area contributed by atoms with Gasteiger partial charge in [-0.15, -0.1) is 0 Å². The lowest BCUT2D eigenvalue weighted by molar-refractivity contribution is -0.124. The summed E-state index contributed by atoms with van der Waals surface area (Å²) in [5, 5.41) is 7.02. The molecule has 0 saturated carbocycles. The summed E-state index contributed by atoms with van der Waals surface area (Å²) in [5.74, 6) is 0.880. The molecule has 25 heavy (non-hydrogen) atoms. The fraction of sp³-hybridized carbons (Fsp3) is 0.500. The van der Waals surface area contributed by atoms with Crippen LogP contribution in [0.4, 0.5) is 5.82 Å². The van der Waals surface area contributed by atoms with Gasteiger partial charge in [-0.05, 0) is 38.5 Å². The fourth-order valence-corrected chi connectivity index (χ4v) is 3.04. The van der Waals surface area contributed by atoms with Gasteiger partial charge in [0.25, 0.3) is 0 Å². The molecular weight excluding hydrogens is 318 g/mol. The highest BCUT2D eigenvalue weighted by Gasteiger charge is 2.23. The molecule has 0 radical (unpaired) electrons. The summed E-state index contributed by atoms with van der Waals surface area (Å²) < 4.78 is 7.39. The highest BCUT2D eigenvalue weighted by Crippen LogP contribution is 2.18. The molecule has 1 saturated heterocycles. The minimum absolute atomic E-state index is 0.0661. The number of rotatable bonds is 5. The van der Waals surface area contributed by atoms with Gasteiger partial charge in [-0.2, -0.15) is 5.10 Å². The van der Waals surface area contributed by atoms with Crippen molar-refractivity contribution in [1.29, 1.82) is 0 Å². The van der Waals surface area contributed by atoms with Crippen LogP contribution >= 0.6 is 0 Å². The zero-order valence-electron chi connectivity index (χ0n) is 14.9. The number of nitrogens with one attached hydrogen (secondary N) is 1. The van der Waals surface area contributed by atoms with E-state index in [1.807, 2.05) is 25.3 Å². The van der Waals surface area contributed by atoms with E-state index in [0.29, 0.717) is 6.54 Å². The molecular formula is C18H25N5O2. The standard InChI is InChI=1S/C18H25N5O2/c1-13-11-22(12-14(2)25-13)17-6-5-16(9-19-17)10-20-18(24)15(3)23-8-4-7-21-23/h4-9,13-15H,10-12H2,1-3H3,(H,20,24)/t13-,14-,15+/m1/s1. The highest BCUT2D eigenvalue weighted by atomic mass is 16.5. The number of carbonyl (C=O) groups excluding carboxylic acids is 1. The van der Waals surface area contributed by atoms with E-state index in [1.54, 1.807) is 23.1 Å². The normalized spacial score (nSPS) is 21.8. The van der Waals surface area contributed by atoms with Gasteiger partial charge < -0.3 is 15.0 Å². The predicted octanol–water partition coefficient (Wildman–Crippen LogP) is 1.77. The third kappa shape index (κ3) is 4.36. The molecule has 0 unspecified atom stereocenters. The molecule has 1 fully saturated rings. The third-order valence-electron chi connectivity index (χ3n) is 4.32. The van der Waals surface area contributed by atoms with Gasteiger partial charge in [-0.1, -0.05) is 6.07 Å². The highest BCUT2D eigenvalue weighted by molar-refractivity contribution is 5.79. The Kier molecular flexibility index (Phi) is 5.33. The van der Waals surface area contributed by atoms with Crippen LogP contribution in [-0.4, -0.2) is 46.0 Å². The Hall–Kier alpha value is -2.41. The van der Waals surface area contributed by atoms with E-state index in [9.17, 15) is 4.79 Å². The number of carbonyl (C=O) groups is 1. The van der Waals surface area contributed by atoms with E-state index in [2.05, 4.69) is 34.1 Å². The molecule has 0 aliphatic carbocycles. The molecule has 3 atom stereocenters. The van der Waals surface area contributed by atoms with Gasteiger partial charge in [0, 0.05) is 38.2 Å². The van der Waals surface area contributed by atoms with Crippen LogP contribution in [0.5, 0.6) is 0 Å². The summed E-state index contributed by atoms with van der Waals surface area (Å²) >= 11 is 0. The number of anilines is 1. The van der Waals surface area contributed by atoms with Gasteiger partial charge in [0.1, 0.15) is 11.9 Å². The SMILES string of the molecule is C[C@@H]1CN(c2ccc(CNC(=O)[C@H](C)n3cccn3)cn2)C[C@@H](C)O1. The second-order valence-electron chi connectivity index (χ2n) is 6.57. The number of hydrogen-bond acceptors (Lipinski definition) is 5. The van der Waals surface area contributed by atoms with Crippen molar-refractivity contribution in [3.63, 3.8) is 0 Å². The van der Waals surface area contributed by atoms with Crippen LogP contribution < -0.4 is 10.2 Å². The Morgan fingerprint density at radius 1 is 1.36 bits per heavy atom. The number of ether oxygens (including phenoxy) is 1. The molecule has 1 amide bonds. The number of nitrogens with zero attached hydrogens (tertiary/aromatic N) is 4. The third-order valence-corrected chi connectivity index (χ3v) is 4.32. The Balaban J connectivity index is 1.55. The minimum Gasteiger partial charge on any atom is -0.372 e. The van der Waals surface area contributed by atoms with Crippen LogP contribution in [0.25, 0.3) is 0 Å². The quantitative estimate of drug-likeness (QED) is 0.896. The van der Waals surface area contributed by atoms with Gasteiger partial charge in [0.2, 0.25) is 5.91 Å². The first kappa shape index (κ1) is 17.4. The average Bonchev–Trinajstić information content (AvgIpc) is 3.13. The van der Waals surface area contributed by atoms with Crippen LogP contribution in [0.3, 0.4) is 0 Å². The van der Waals surface area contributed by atoms with Crippen molar-refractivity contribution >= 4 is 11.7 Å². The van der Waals surface area contributed by atoms with E-state index >= 15 is 0 Å². The predicted molar refractivity (Wildman–Crippen MR) is 95.2 cm³/mol. The van der Waals surface area contributed by atoms with Crippen molar-refractivity contribution in [2.45, 2.75) is 45.6 Å². The molecule has 2 aromatic heterocycles. The number of amides is 1. The maximum Gasteiger partial charge on any atom is 0.244 e. The van der Waals surface area contributed by atoms with Crippen LogP contribution in [0.2, 0.25) is 0 Å². The molecule has 1 aliphatic heterocycles. The molecule has 0 aromatic carbocycles. The lowest BCUT2D eigenvalue weighted by Crippen LogP contribution is -2.45. The van der Waals surface area contributed by atoms with Gasteiger partial charge in [-0.25, -0.2) is 4.98 Å². The van der Waals surface area contributed by atoms with Crippen LogP contribution in [-0.2, 0) is 16.1 Å². The van der Waals surface area contributed by atoms with E-state index in [1.165, 1.54) is 0 Å². The summed E-state index contributed by atoms with van der Waals surface area (Å²) in [6.07, 6.45) is 5.67. The zero-order valence-corrected chi connectivity index (χ0v) is 14.9. The summed E-state index contributed by atoms with van der Waals surface area (Å²) in [6, 6.07) is 5.48. The number of aromatic nitrogens is 3. The number of hydrogen-bond donors (Lipinski definition) is 1. The van der Waals surface area contributed by atoms with E-state index < -0.39 is 0 Å². The summed E-state index contributed by atoms with van der Waals surface area (Å²) in [4.78, 5) is 19.0. The molecule has 3 rings (SSSR count). The summed E-state index contributed by atoms with van der Waals surface area (Å²) in [7, 11) is 0. The first-order valence-electron chi connectivity index (χ1n) is 8.65. The molecule has 0 bridgehead atoms. The molecule has 0 spiro atoms. The Morgan fingerprint density at radius 3 is 2.72 bits per heavy atom. The fourth-order valence-electron chi connectivity index (χ4n) is 3.04. The Morgan fingerprint density at radius 2 is 2.12 bits per heavy atom. The minimum atomic E-state index is -0.335. The number of pyridine rings is 1. The molecule has 2 aromatic rings. The Bertz CT molecular complexity index is 676.